The zero-order valence-electron chi connectivity index (χ0n) is 27.2. The van der Waals surface area contributed by atoms with Gasteiger partial charge in [0, 0.05) is 29.2 Å². The molecule has 240 valence electrons. The number of hydrogen-bond donors (Lipinski definition) is 1. The monoisotopic (exact) mass is 629 g/mol. The van der Waals surface area contributed by atoms with Crippen molar-refractivity contribution >= 4 is 40.9 Å². The molecule has 8 heteroatoms. The molecule has 2 aromatic carbocycles. The van der Waals surface area contributed by atoms with Gasteiger partial charge in [0.1, 0.15) is 6.04 Å². The lowest BCUT2D eigenvalue weighted by atomic mass is 9.66. The summed E-state index contributed by atoms with van der Waals surface area (Å²) in [6.07, 6.45) is 5.33. The van der Waals surface area contributed by atoms with Gasteiger partial charge in [-0.1, -0.05) is 56.3 Å². The number of aliphatic hydroxyl groups excluding tert-OH is 1. The molecule has 45 heavy (non-hydrogen) atoms. The van der Waals surface area contributed by atoms with E-state index in [0.29, 0.717) is 25.8 Å². The van der Waals surface area contributed by atoms with E-state index in [9.17, 15) is 14.7 Å². The average Bonchev–Trinajstić information content (AvgIpc) is 3.59. The van der Waals surface area contributed by atoms with Crippen molar-refractivity contribution in [1.82, 2.24) is 4.90 Å². The number of carbonyl (C=O) groups is 3. The summed E-state index contributed by atoms with van der Waals surface area (Å²) in [6.45, 7) is 18.4. The van der Waals surface area contributed by atoms with Crippen molar-refractivity contribution in [1.29, 1.82) is 0 Å². The number of aryl methyl sites for hydroxylation is 2. The molecule has 7 nitrogen and oxygen atoms in total. The van der Waals surface area contributed by atoms with Crippen LogP contribution in [0.25, 0.3) is 0 Å². The van der Waals surface area contributed by atoms with E-state index < -0.39 is 33.4 Å². The van der Waals surface area contributed by atoms with Gasteiger partial charge in [-0.25, -0.2) is 0 Å². The van der Waals surface area contributed by atoms with Gasteiger partial charge in [0.05, 0.1) is 29.2 Å². The summed E-state index contributed by atoms with van der Waals surface area (Å²) < 4.78 is -1.33. The molecule has 0 aliphatic carbocycles. The van der Waals surface area contributed by atoms with Gasteiger partial charge in [-0.3, -0.25) is 14.4 Å². The highest BCUT2D eigenvalue weighted by molar-refractivity contribution is 8.02. The number of aliphatic hydroxyl groups is 1. The molecule has 0 aromatic heterocycles. The van der Waals surface area contributed by atoms with Crippen molar-refractivity contribution < 1.29 is 19.5 Å². The Labute approximate surface area is 272 Å². The molecular formula is C37H47N3O4S. The van der Waals surface area contributed by atoms with E-state index in [1.54, 1.807) is 38.6 Å². The van der Waals surface area contributed by atoms with Crippen LogP contribution in [0.3, 0.4) is 0 Å². The van der Waals surface area contributed by atoms with Gasteiger partial charge < -0.3 is 19.8 Å². The van der Waals surface area contributed by atoms with Crippen LogP contribution in [-0.4, -0.2) is 69.0 Å². The van der Waals surface area contributed by atoms with Crippen LogP contribution in [-0.2, 0) is 14.4 Å². The van der Waals surface area contributed by atoms with E-state index in [1.807, 2.05) is 62.4 Å². The normalized spacial score (nSPS) is 27.4. The van der Waals surface area contributed by atoms with E-state index in [1.165, 1.54) is 0 Å². The Morgan fingerprint density at radius 3 is 2.33 bits per heavy atom. The molecule has 1 N–H and O–H groups in total. The summed E-state index contributed by atoms with van der Waals surface area (Å²) in [7, 11) is 0. The molecule has 2 bridgehead atoms. The predicted octanol–water partition coefficient (Wildman–Crippen LogP) is 5.93. The van der Waals surface area contributed by atoms with Crippen molar-refractivity contribution in [3.05, 3.63) is 85.0 Å². The van der Waals surface area contributed by atoms with Gasteiger partial charge in [0.15, 0.2) is 0 Å². The molecule has 2 unspecified atom stereocenters. The van der Waals surface area contributed by atoms with Crippen LogP contribution in [0.15, 0.2) is 73.8 Å². The second kappa shape index (κ2) is 12.8. The topological polar surface area (TPSA) is 81.2 Å². The largest absolute Gasteiger partial charge is 0.394 e. The van der Waals surface area contributed by atoms with Crippen LogP contribution in [0.5, 0.6) is 0 Å². The lowest BCUT2D eigenvalue weighted by Gasteiger charge is -2.40. The van der Waals surface area contributed by atoms with Gasteiger partial charge in [-0.05, 0) is 75.3 Å². The number of thioether (sulfide) groups is 1. The van der Waals surface area contributed by atoms with Crippen molar-refractivity contribution in [2.45, 2.75) is 75.5 Å². The number of hydrogen-bond acceptors (Lipinski definition) is 5. The number of rotatable bonds is 12. The maximum Gasteiger partial charge on any atom is 0.251 e. The minimum absolute atomic E-state index is 0.119. The molecule has 3 amide bonds. The number of carbonyl (C=O) groups excluding carboxylic acids is 3. The second-order valence-corrected chi connectivity index (χ2v) is 15.4. The molecule has 2 aromatic rings. The fourth-order valence-corrected chi connectivity index (χ4v) is 10.4. The summed E-state index contributed by atoms with van der Waals surface area (Å²) in [5.41, 5.74) is 3.52. The minimum atomic E-state index is -0.833. The quantitative estimate of drug-likeness (QED) is 0.295. The van der Waals surface area contributed by atoms with Gasteiger partial charge in [0.2, 0.25) is 11.8 Å². The van der Waals surface area contributed by atoms with E-state index in [2.05, 4.69) is 33.9 Å². The SMILES string of the molecule is C=CCN(C(=O)[C@H]1[C@H]2C(=O)N([C@@H](CO)CC(C)C)C(C(=O)N(CC=C)c3cc(C)ccc3C)C23CC[C@]1(C)S3)c1ccccc1. The first-order valence-corrected chi connectivity index (χ1v) is 16.9. The molecule has 0 saturated carbocycles. The lowest BCUT2D eigenvalue weighted by molar-refractivity contribution is -0.142. The van der Waals surface area contributed by atoms with Gasteiger partial charge >= 0.3 is 0 Å². The second-order valence-electron chi connectivity index (χ2n) is 13.5. The first-order valence-electron chi connectivity index (χ1n) is 16.0. The lowest BCUT2D eigenvalue weighted by Crippen LogP contribution is -2.58. The number of amides is 3. The maximum absolute atomic E-state index is 15.1. The Hall–Kier alpha value is -3.36. The van der Waals surface area contributed by atoms with Crippen LogP contribution in [0.4, 0.5) is 11.4 Å². The Morgan fingerprint density at radius 2 is 1.71 bits per heavy atom. The van der Waals surface area contributed by atoms with Gasteiger partial charge in [-0.2, -0.15) is 0 Å². The van der Waals surface area contributed by atoms with Crippen LogP contribution in [0.1, 0.15) is 51.2 Å². The summed E-state index contributed by atoms with van der Waals surface area (Å²) in [6, 6.07) is 14.2. The van der Waals surface area contributed by atoms with Crippen LogP contribution >= 0.6 is 11.8 Å². The Balaban J connectivity index is 1.66. The molecule has 5 rings (SSSR count). The summed E-state index contributed by atoms with van der Waals surface area (Å²) in [5, 5.41) is 10.7. The third-order valence-corrected chi connectivity index (χ3v) is 11.9. The molecule has 3 aliphatic rings. The Bertz CT molecular complexity index is 1480. The summed E-state index contributed by atoms with van der Waals surface area (Å²) in [4.78, 5) is 49.9. The smallest absolute Gasteiger partial charge is 0.251 e. The van der Waals surface area contributed by atoms with E-state index in [-0.39, 0.29) is 36.8 Å². The minimum Gasteiger partial charge on any atom is -0.394 e. The third kappa shape index (κ3) is 5.54. The Morgan fingerprint density at radius 1 is 1.04 bits per heavy atom. The molecular weight excluding hydrogens is 582 g/mol. The Kier molecular flexibility index (Phi) is 9.39. The van der Waals surface area contributed by atoms with Crippen LogP contribution in [0, 0.1) is 31.6 Å². The predicted molar refractivity (Wildman–Crippen MR) is 183 cm³/mol. The zero-order chi connectivity index (χ0) is 32.7. The average molecular weight is 630 g/mol. The van der Waals surface area contributed by atoms with Crippen molar-refractivity contribution in [2.24, 2.45) is 17.8 Å². The molecule has 3 fully saturated rings. The molecule has 3 heterocycles. The summed E-state index contributed by atoms with van der Waals surface area (Å²) in [5.74, 6) is -1.63. The van der Waals surface area contributed by atoms with Crippen LogP contribution < -0.4 is 9.80 Å². The van der Waals surface area contributed by atoms with Crippen molar-refractivity contribution in [3.63, 3.8) is 0 Å². The first kappa shape index (κ1) is 33.0. The van der Waals surface area contributed by atoms with E-state index in [4.69, 9.17) is 0 Å². The molecule has 6 atom stereocenters. The number of benzene rings is 2. The number of para-hydroxylation sites is 1. The first-order chi connectivity index (χ1) is 21.4. The number of fused-ring (bicyclic) bond motifs is 1. The molecule has 3 saturated heterocycles. The third-order valence-electron chi connectivity index (χ3n) is 9.94. The van der Waals surface area contributed by atoms with Crippen LogP contribution in [0.2, 0.25) is 0 Å². The van der Waals surface area contributed by atoms with E-state index in [0.717, 1.165) is 22.5 Å². The highest BCUT2D eigenvalue weighted by Crippen LogP contribution is 2.72. The van der Waals surface area contributed by atoms with Gasteiger partial charge in [-0.15, -0.1) is 24.9 Å². The number of likely N-dealkylation sites (tertiary alicyclic amines) is 1. The number of anilines is 2. The van der Waals surface area contributed by atoms with E-state index >= 15 is 4.79 Å². The standard InChI is InChI=1S/C37H47N3O4S/c1-8-19-38(27-13-11-10-12-14-27)33(42)30-31-34(43)40(28(23-41)21-24(3)4)32(37(31)18-17-36(30,7)45-37)35(44)39(20-9-2)29-22-25(5)15-16-26(29)6/h8-16,22,24,28,30-32,41H,1-2,17-21,23H2,3-7H3/t28-,30-,31+,32?,36+,37?/m1/s1. The highest BCUT2D eigenvalue weighted by atomic mass is 32.2. The fourth-order valence-electron chi connectivity index (χ4n) is 8.05. The molecule has 0 radical (unpaired) electrons. The maximum atomic E-state index is 15.1. The summed E-state index contributed by atoms with van der Waals surface area (Å²) >= 11 is 1.66. The molecule has 3 aliphatic heterocycles. The van der Waals surface area contributed by atoms with Crippen molar-refractivity contribution in [3.8, 4) is 0 Å². The fraction of sp³-hybridized carbons (Fsp3) is 0.486. The highest BCUT2D eigenvalue weighted by Gasteiger charge is 2.78. The molecule has 1 spiro atoms. The number of nitrogens with zero attached hydrogens (tertiary/aromatic N) is 3. The zero-order valence-corrected chi connectivity index (χ0v) is 28.1. The van der Waals surface area contributed by atoms with Crippen molar-refractivity contribution in [2.75, 3.05) is 29.5 Å². The van der Waals surface area contributed by atoms with Gasteiger partial charge in [0.25, 0.3) is 5.91 Å².